The molecule has 128 valence electrons. The van der Waals surface area contributed by atoms with Crippen LogP contribution < -0.4 is 10.6 Å². The van der Waals surface area contributed by atoms with Crippen LogP contribution in [0.3, 0.4) is 0 Å². The van der Waals surface area contributed by atoms with Crippen molar-refractivity contribution in [1.29, 1.82) is 5.26 Å². The van der Waals surface area contributed by atoms with Gasteiger partial charge in [-0.05, 0) is 43.0 Å². The van der Waals surface area contributed by atoms with Crippen LogP contribution in [0.5, 0.6) is 0 Å². The highest BCUT2D eigenvalue weighted by atomic mass is 16.1. The molecule has 0 aliphatic heterocycles. The van der Waals surface area contributed by atoms with Gasteiger partial charge in [0.05, 0.1) is 11.9 Å². The fourth-order valence-corrected chi connectivity index (χ4v) is 2.44. The second-order valence-electron chi connectivity index (χ2n) is 5.61. The van der Waals surface area contributed by atoms with Crippen LogP contribution in [0.25, 0.3) is 0 Å². The molecular weight excluding hydrogens is 312 g/mol. The molecule has 0 unspecified atom stereocenters. The quantitative estimate of drug-likeness (QED) is 0.619. The molecule has 0 bridgehead atoms. The van der Waals surface area contributed by atoms with Crippen LogP contribution >= 0.6 is 0 Å². The number of hydrogen-bond donors (Lipinski definition) is 2. The van der Waals surface area contributed by atoms with Crippen molar-refractivity contribution in [2.24, 2.45) is 0 Å². The first-order valence-corrected chi connectivity index (χ1v) is 8.30. The minimum Gasteiger partial charge on any atom is -0.359 e. The van der Waals surface area contributed by atoms with Gasteiger partial charge < -0.3 is 10.6 Å². The van der Waals surface area contributed by atoms with Gasteiger partial charge in [-0.15, -0.1) is 0 Å². The lowest BCUT2D eigenvalue weighted by molar-refractivity contribution is -0.112. The lowest BCUT2D eigenvalue weighted by Gasteiger charge is -2.14. The van der Waals surface area contributed by atoms with E-state index in [-0.39, 0.29) is 5.57 Å². The van der Waals surface area contributed by atoms with E-state index < -0.39 is 5.91 Å². The zero-order chi connectivity index (χ0) is 18.2. The predicted molar refractivity (Wildman–Crippen MR) is 100 cm³/mol. The average molecular weight is 334 g/mol. The molecule has 1 aromatic heterocycles. The minimum atomic E-state index is -0.425. The monoisotopic (exact) mass is 334 g/mol. The van der Waals surface area contributed by atoms with Crippen LogP contribution in [-0.4, -0.2) is 10.9 Å². The summed E-state index contributed by atoms with van der Waals surface area (Å²) in [7, 11) is 0. The molecule has 0 spiro atoms. The molecule has 0 saturated carbocycles. The third kappa shape index (κ3) is 4.67. The number of hydrogen-bond acceptors (Lipinski definition) is 4. The fourth-order valence-electron chi connectivity index (χ4n) is 2.44. The smallest absolute Gasteiger partial charge is 0.267 e. The first-order valence-electron chi connectivity index (χ1n) is 8.30. The van der Waals surface area contributed by atoms with Crippen molar-refractivity contribution in [1.82, 2.24) is 4.98 Å². The summed E-state index contributed by atoms with van der Waals surface area (Å²) in [5.74, 6) is -0.425. The molecule has 1 amide bonds. The van der Waals surface area contributed by atoms with E-state index in [1.165, 1.54) is 6.20 Å². The molecule has 2 N–H and O–H groups in total. The number of nitriles is 1. The average Bonchev–Trinajstić information content (AvgIpc) is 2.63. The number of rotatable bonds is 6. The molecule has 2 aromatic rings. The van der Waals surface area contributed by atoms with Crippen molar-refractivity contribution in [3.63, 3.8) is 0 Å². The van der Waals surface area contributed by atoms with E-state index in [0.717, 1.165) is 35.3 Å². The molecule has 25 heavy (non-hydrogen) atoms. The molecule has 0 saturated heterocycles. The highest BCUT2D eigenvalue weighted by Gasteiger charge is 2.13. The number of pyridine rings is 1. The molecular formula is C20H22N4O. The van der Waals surface area contributed by atoms with E-state index in [0.29, 0.717) is 5.69 Å². The number of anilines is 2. The Kier molecular flexibility index (Phi) is 6.30. The van der Waals surface area contributed by atoms with E-state index >= 15 is 0 Å². The van der Waals surface area contributed by atoms with Gasteiger partial charge in [0, 0.05) is 17.6 Å². The Morgan fingerprint density at radius 2 is 1.88 bits per heavy atom. The van der Waals surface area contributed by atoms with Gasteiger partial charge in [-0.2, -0.15) is 5.26 Å². The van der Waals surface area contributed by atoms with Gasteiger partial charge in [0.2, 0.25) is 0 Å². The Bertz CT molecular complexity index is 794. The van der Waals surface area contributed by atoms with Crippen molar-refractivity contribution >= 4 is 17.3 Å². The zero-order valence-electron chi connectivity index (χ0n) is 14.8. The maximum Gasteiger partial charge on any atom is 0.267 e. The summed E-state index contributed by atoms with van der Waals surface area (Å²) in [6.07, 6.45) is 4.67. The Balaban J connectivity index is 2.19. The van der Waals surface area contributed by atoms with Gasteiger partial charge in [0.1, 0.15) is 11.6 Å². The number of para-hydroxylation sites is 1. The first kappa shape index (κ1) is 18.2. The van der Waals surface area contributed by atoms with Crippen molar-refractivity contribution in [2.45, 2.75) is 33.6 Å². The number of nitrogens with zero attached hydrogens (tertiary/aromatic N) is 2. The Morgan fingerprint density at radius 3 is 2.40 bits per heavy atom. The Labute approximate surface area is 148 Å². The van der Waals surface area contributed by atoms with Gasteiger partial charge in [0.15, 0.2) is 0 Å². The first-order chi connectivity index (χ1) is 12.1. The van der Waals surface area contributed by atoms with E-state index in [1.807, 2.05) is 57.2 Å². The van der Waals surface area contributed by atoms with Crippen LogP contribution in [0.15, 0.2) is 48.3 Å². The summed E-state index contributed by atoms with van der Waals surface area (Å²) in [5.41, 5.74) is 4.54. The topological polar surface area (TPSA) is 77.8 Å². The van der Waals surface area contributed by atoms with Crippen LogP contribution in [0, 0.1) is 18.3 Å². The number of carbonyl (C=O) groups is 1. The van der Waals surface area contributed by atoms with Crippen LogP contribution in [0.2, 0.25) is 0 Å². The van der Waals surface area contributed by atoms with Crippen molar-refractivity contribution < 1.29 is 4.79 Å². The second-order valence-corrected chi connectivity index (χ2v) is 5.61. The highest BCUT2D eigenvalue weighted by Crippen LogP contribution is 2.23. The molecule has 0 aliphatic rings. The van der Waals surface area contributed by atoms with E-state index in [4.69, 9.17) is 0 Å². The van der Waals surface area contributed by atoms with Gasteiger partial charge in [-0.25, -0.2) is 0 Å². The van der Waals surface area contributed by atoms with Gasteiger partial charge >= 0.3 is 0 Å². The van der Waals surface area contributed by atoms with E-state index in [2.05, 4.69) is 15.6 Å². The summed E-state index contributed by atoms with van der Waals surface area (Å²) in [6.45, 7) is 5.97. The summed E-state index contributed by atoms with van der Waals surface area (Å²) in [4.78, 5) is 16.7. The molecule has 1 heterocycles. The third-order valence-corrected chi connectivity index (χ3v) is 3.90. The molecule has 0 fully saturated rings. The molecule has 1 aromatic carbocycles. The second kappa shape index (κ2) is 8.65. The van der Waals surface area contributed by atoms with Crippen molar-refractivity contribution in [3.8, 4) is 6.07 Å². The molecule has 5 heteroatoms. The molecule has 0 aliphatic carbocycles. The number of carbonyl (C=O) groups excluding carboxylic acids is 1. The number of amides is 1. The van der Waals surface area contributed by atoms with Crippen molar-refractivity contribution in [3.05, 3.63) is 65.1 Å². The summed E-state index contributed by atoms with van der Waals surface area (Å²) < 4.78 is 0. The SMILES string of the molecule is CCc1cccc(CC)c1NC(=O)/C(C#N)=C\Nc1ccc(C)nc1. The summed E-state index contributed by atoms with van der Waals surface area (Å²) in [5, 5.41) is 15.1. The Hall–Kier alpha value is -3.13. The number of aromatic nitrogens is 1. The molecule has 0 radical (unpaired) electrons. The van der Waals surface area contributed by atoms with Gasteiger partial charge in [-0.1, -0.05) is 32.0 Å². The largest absolute Gasteiger partial charge is 0.359 e. The maximum atomic E-state index is 12.5. The molecule has 2 rings (SSSR count). The molecule has 0 atom stereocenters. The Morgan fingerprint density at radius 1 is 1.20 bits per heavy atom. The zero-order valence-corrected chi connectivity index (χ0v) is 14.8. The van der Waals surface area contributed by atoms with Gasteiger partial charge in [-0.3, -0.25) is 9.78 Å². The standard InChI is InChI=1S/C20H22N4O/c1-4-15-7-6-8-16(5-2)19(15)24-20(25)17(11-21)12-23-18-10-9-14(3)22-13-18/h6-10,12-13,23H,4-5H2,1-3H3,(H,24,25)/b17-12-. The number of benzene rings is 1. The minimum absolute atomic E-state index is 0.00790. The summed E-state index contributed by atoms with van der Waals surface area (Å²) in [6, 6.07) is 11.6. The van der Waals surface area contributed by atoms with Crippen LogP contribution in [-0.2, 0) is 17.6 Å². The lowest BCUT2D eigenvalue weighted by atomic mass is 10.0. The fraction of sp³-hybridized carbons (Fsp3) is 0.250. The predicted octanol–water partition coefficient (Wildman–Crippen LogP) is 3.97. The molecule has 5 nitrogen and oxygen atoms in total. The number of aryl methyl sites for hydroxylation is 3. The van der Waals surface area contributed by atoms with Gasteiger partial charge in [0.25, 0.3) is 5.91 Å². The van der Waals surface area contributed by atoms with Crippen molar-refractivity contribution in [2.75, 3.05) is 10.6 Å². The van der Waals surface area contributed by atoms with Crippen LogP contribution in [0.1, 0.15) is 30.7 Å². The summed E-state index contributed by atoms with van der Waals surface area (Å²) >= 11 is 0. The third-order valence-electron chi connectivity index (χ3n) is 3.90. The maximum absolute atomic E-state index is 12.5. The number of nitrogens with one attached hydrogen (secondary N) is 2. The van der Waals surface area contributed by atoms with Crippen LogP contribution in [0.4, 0.5) is 11.4 Å². The van der Waals surface area contributed by atoms with E-state index in [9.17, 15) is 10.1 Å². The lowest BCUT2D eigenvalue weighted by Crippen LogP contribution is -2.17. The van der Waals surface area contributed by atoms with E-state index in [1.54, 1.807) is 6.20 Å². The normalized spacial score (nSPS) is 10.9. The highest BCUT2D eigenvalue weighted by molar-refractivity contribution is 6.07.